The number of alkyl halides is 3. The summed E-state index contributed by atoms with van der Waals surface area (Å²) in [6, 6.07) is 9.38. The van der Waals surface area contributed by atoms with Gasteiger partial charge in [-0.2, -0.15) is 13.2 Å². The molecule has 0 fully saturated rings. The van der Waals surface area contributed by atoms with Crippen LogP contribution in [0.4, 0.5) is 18.9 Å². The van der Waals surface area contributed by atoms with Crippen molar-refractivity contribution in [2.75, 3.05) is 11.9 Å². The Morgan fingerprint density at radius 2 is 1.82 bits per heavy atom. The third kappa shape index (κ3) is 4.40. The molecule has 0 aliphatic heterocycles. The fraction of sp³-hybridized carbons (Fsp3) is 0.111. The van der Waals surface area contributed by atoms with E-state index in [-0.39, 0.29) is 9.90 Å². The van der Waals surface area contributed by atoms with Crippen LogP contribution >= 0.6 is 34.5 Å². The number of rotatable bonds is 4. The van der Waals surface area contributed by atoms with Gasteiger partial charge in [0.2, 0.25) is 0 Å². The number of carbonyl (C=O) groups excluding carboxylic acids is 2. The van der Waals surface area contributed by atoms with Gasteiger partial charge in [-0.05, 0) is 24.3 Å². The SMILES string of the molecule is O=C(COC(=O)c1sc2cc(Cl)ccc2c1Cl)Nc1ccccc1C(F)(F)F. The van der Waals surface area contributed by atoms with Gasteiger partial charge in [-0.3, -0.25) is 4.79 Å². The summed E-state index contributed by atoms with van der Waals surface area (Å²) in [5, 5.41) is 3.32. The maximum absolute atomic E-state index is 12.9. The van der Waals surface area contributed by atoms with E-state index >= 15 is 0 Å². The van der Waals surface area contributed by atoms with Crippen molar-refractivity contribution in [3.05, 3.63) is 63.0 Å². The smallest absolute Gasteiger partial charge is 0.418 e. The van der Waals surface area contributed by atoms with Gasteiger partial charge in [0.25, 0.3) is 5.91 Å². The van der Waals surface area contributed by atoms with Crippen LogP contribution in [0.2, 0.25) is 10.0 Å². The summed E-state index contributed by atoms with van der Waals surface area (Å²) in [4.78, 5) is 24.2. The molecule has 1 heterocycles. The highest BCUT2D eigenvalue weighted by atomic mass is 35.5. The maximum Gasteiger partial charge on any atom is 0.418 e. The molecule has 3 rings (SSSR count). The molecule has 0 saturated carbocycles. The Kier molecular flexibility index (Phi) is 5.83. The lowest BCUT2D eigenvalue weighted by Crippen LogP contribution is -2.22. The van der Waals surface area contributed by atoms with Crippen LogP contribution in [0.3, 0.4) is 0 Å². The Balaban J connectivity index is 1.69. The number of anilines is 1. The van der Waals surface area contributed by atoms with E-state index in [1.54, 1.807) is 18.2 Å². The Morgan fingerprint density at radius 1 is 1.11 bits per heavy atom. The number of halogens is 5. The molecule has 28 heavy (non-hydrogen) atoms. The molecule has 10 heteroatoms. The number of ether oxygens (including phenoxy) is 1. The number of carbonyl (C=O) groups is 2. The summed E-state index contributed by atoms with van der Waals surface area (Å²) in [6.07, 6.45) is -4.63. The van der Waals surface area contributed by atoms with E-state index < -0.39 is 35.9 Å². The molecule has 0 aliphatic rings. The topological polar surface area (TPSA) is 55.4 Å². The van der Waals surface area contributed by atoms with Gasteiger partial charge in [-0.1, -0.05) is 41.4 Å². The van der Waals surface area contributed by atoms with Crippen molar-refractivity contribution in [2.24, 2.45) is 0 Å². The number of esters is 1. The molecule has 2 aromatic carbocycles. The number of nitrogens with one attached hydrogen (secondary N) is 1. The van der Waals surface area contributed by atoms with Crippen LogP contribution in [0.5, 0.6) is 0 Å². The van der Waals surface area contributed by atoms with Gasteiger partial charge in [0.15, 0.2) is 6.61 Å². The number of thiophene rings is 1. The van der Waals surface area contributed by atoms with Crippen LogP contribution in [0.15, 0.2) is 42.5 Å². The molecule has 0 radical (unpaired) electrons. The quantitative estimate of drug-likeness (QED) is 0.497. The lowest BCUT2D eigenvalue weighted by atomic mass is 10.1. The minimum absolute atomic E-state index is 0.0717. The summed E-state index contributed by atoms with van der Waals surface area (Å²) in [7, 11) is 0. The highest BCUT2D eigenvalue weighted by molar-refractivity contribution is 7.21. The van der Waals surface area contributed by atoms with Gasteiger partial charge < -0.3 is 10.1 Å². The molecule has 0 bridgehead atoms. The maximum atomic E-state index is 12.9. The van der Waals surface area contributed by atoms with Crippen molar-refractivity contribution in [3.63, 3.8) is 0 Å². The highest BCUT2D eigenvalue weighted by Crippen LogP contribution is 2.37. The number of para-hydroxylation sites is 1. The summed E-state index contributed by atoms with van der Waals surface area (Å²) in [5.74, 6) is -1.77. The Bertz CT molecular complexity index is 1070. The lowest BCUT2D eigenvalue weighted by molar-refractivity contribution is -0.137. The van der Waals surface area contributed by atoms with Gasteiger partial charge in [0.1, 0.15) is 4.88 Å². The molecule has 1 N–H and O–H groups in total. The summed E-state index contributed by atoms with van der Waals surface area (Å²) in [6.45, 7) is -0.768. The molecule has 0 aliphatic carbocycles. The minimum atomic E-state index is -4.63. The van der Waals surface area contributed by atoms with Crippen molar-refractivity contribution in [1.29, 1.82) is 0 Å². The second-order valence-electron chi connectivity index (χ2n) is 5.55. The van der Waals surface area contributed by atoms with Crippen LogP contribution in [-0.4, -0.2) is 18.5 Å². The summed E-state index contributed by atoms with van der Waals surface area (Å²) in [5.41, 5.74) is -1.43. The second-order valence-corrected chi connectivity index (χ2v) is 7.42. The van der Waals surface area contributed by atoms with E-state index in [4.69, 9.17) is 27.9 Å². The van der Waals surface area contributed by atoms with E-state index in [1.807, 2.05) is 0 Å². The standard InChI is InChI=1S/C18H10Cl2F3NO3S/c19-9-5-6-10-13(7-9)28-16(15(10)20)17(26)27-8-14(25)24-12-4-2-1-3-11(12)18(21,22)23/h1-7H,8H2,(H,24,25). The van der Waals surface area contributed by atoms with Crippen molar-refractivity contribution in [3.8, 4) is 0 Å². The molecule has 3 aromatic rings. The number of hydrogen-bond donors (Lipinski definition) is 1. The fourth-order valence-corrected chi connectivity index (χ4v) is 4.07. The number of amides is 1. The van der Waals surface area contributed by atoms with Gasteiger partial charge in [0.05, 0.1) is 16.3 Å². The minimum Gasteiger partial charge on any atom is -0.451 e. The summed E-state index contributed by atoms with van der Waals surface area (Å²) >= 11 is 13.1. The zero-order valence-corrected chi connectivity index (χ0v) is 16.1. The molecule has 0 spiro atoms. The zero-order valence-electron chi connectivity index (χ0n) is 13.8. The monoisotopic (exact) mass is 447 g/mol. The van der Waals surface area contributed by atoms with Crippen LogP contribution < -0.4 is 5.32 Å². The first-order chi connectivity index (χ1) is 13.2. The molecule has 4 nitrogen and oxygen atoms in total. The average molecular weight is 448 g/mol. The van der Waals surface area contributed by atoms with Gasteiger partial charge in [-0.15, -0.1) is 11.3 Å². The third-order valence-electron chi connectivity index (χ3n) is 3.62. The second kappa shape index (κ2) is 7.98. The molecule has 0 atom stereocenters. The molecular formula is C18H10Cl2F3NO3S. The first-order valence-corrected chi connectivity index (χ1v) is 9.25. The fourth-order valence-electron chi connectivity index (χ4n) is 2.39. The molecular weight excluding hydrogens is 438 g/mol. The van der Waals surface area contributed by atoms with Crippen LogP contribution in [0, 0.1) is 0 Å². The Morgan fingerprint density at radius 3 is 2.54 bits per heavy atom. The number of hydrogen-bond acceptors (Lipinski definition) is 4. The molecule has 1 aromatic heterocycles. The van der Waals surface area contributed by atoms with Gasteiger partial charge in [0, 0.05) is 15.1 Å². The number of fused-ring (bicyclic) bond motifs is 1. The van der Waals surface area contributed by atoms with Crippen LogP contribution in [0.25, 0.3) is 10.1 Å². The van der Waals surface area contributed by atoms with Crippen molar-refractivity contribution in [1.82, 2.24) is 0 Å². The van der Waals surface area contributed by atoms with E-state index in [9.17, 15) is 22.8 Å². The first-order valence-electron chi connectivity index (χ1n) is 7.67. The van der Waals surface area contributed by atoms with Crippen LogP contribution in [-0.2, 0) is 15.7 Å². The van der Waals surface area contributed by atoms with E-state index in [1.165, 1.54) is 12.1 Å². The predicted octanol–water partition coefficient (Wildman–Crippen LogP) is 6.02. The third-order valence-corrected chi connectivity index (χ3v) is 5.49. The molecule has 0 saturated heterocycles. The first kappa shape index (κ1) is 20.4. The van der Waals surface area contributed by atoms with E-state index in [2.05, 4.69) is 5.32 Å². The molecule has 146 valence electrons. The highest BCUT2D eigenvalue weighted by Gasteiger charge is 2.33. The normalized spacial score (nSPS) is 11.5. The molecule has 1 amide bonds. The molecule has 0 unspecified atom stereocenters. The van der Waals surface area contributed by atoms with E-state index in [0.717, 1.165) is 23.5 Å². The van der Waals surface area contributed by atoms with Crippen LogP contribution in [0.1, 0.15) is 15.2 Å². The number of benzene rings is 2. The zero-order chi connectivity index (χ0) is 20.5. The van der Waals surface area contributed by atoms with Crippen molar-refractivity contribution in [2.45, 2.75) is 6.18 Å². The predicted molar refractivity (Wildman–Crippen MR) is 102 cm³/mol. The van der Waals surface area contributed by atoms with Crippen molar-refractivity contribution >= 4 is 62.2 Å². The van der Waals surface area contributed by atoms with Gasteiger partial charge >= 0.3 is 12.1 Å². The Labute approximate surface area is 170 Å². The average Bonchev–Trinajstić information content (AvgIpc) is 2.95. The van der Waals surface area contributed by atoms with Crippen molar-refractivity contribution < 1.29 is 27.5 Å². The largest absolute Gasteiger partial charge is 0.451 e. The lowest BCUT2D eigenvalue weighted by Gasteiger charge is -2.13. The van der Waals surface area contributed by atoms with E-state index in [0.29, 0.717) is 15.1 Å². The Hall–Kier alpha value is -2.29. The summed E-state index contributed by atoms with van der Waals surface area (Å²) < 4.78 is 44.4. The van der Waals surface area contributed by atoms with Gasteiger partial charge in [-0.25, -0.2) is 4.79 Å².